The molecule has 0 spiro atoms. The fourth-order valence-electron chi connectivity index (χ4n) is 1.64. The van der Waals surface area contributed by atoms with Crippen LogP contribution in [-0.4, -0.2) is 35.9 Å². The Labute approximate surface area is 129 Å². The molecule has 22 heavy (non-hydrogen) atoms. The molecule has 0 unspecified atom stereocenters. The van der Waals surface area contributed by atoms with Crippen molar-refractivity contribution in [3.63, 3.8) is 0 Å². The number of benzene rings is 2. The fraction of sp³-hybridized carbons (Fsp3) is 0. The van der Waals surface area contributed by atoms with Gasteiger partial charge in [-0.2, -0.15) is 0 Å². The third-order valence-electron chi connectivity index (χ3n) is 2.75. The van der Waals surface area contributed by atoms with Crippen LogP contribution in [0.4, 0.5) is 11.4 Å². The van der Waals surface area contributed by atoms with E-state index in [0.717, 1.165) is 18.2 Å². The van der Waals surface area contributed by atoms with Crippen LogP contribution in [0.15, 0.2) is 47.4 Å². The minimum absolute atomic E-state index is 0.104. The summed E-state index contributed by atoms with van der Waals surface area (Å²) in [6.45, 7) is 0. The molecule has 0 aliphatic rings. The van der Waals surface area contributed by atoms with Gasteiger partial charge in [-0.1, -0.05) is 0 Å². The first kappa shape index (κ1) is 16.4. The van der Waals surface area contributed by atoms with Crippen molar-refractivity contribution in [1.82, 2.24) is 0 Å². The molecule has 118 valence electrons. The molecule has 10 heteroatoms. The van der Waals surface area contributed by atoms with E-state index in [1.807, 2.05) is 0 Å². The van der Waals surface area contributed by atoms with Gasteiger partial charge in [0.15, 0.2) is 0 Å². The zero-order valence-corrected chi connectivity index (χ0v) is 13.7. The van der Waals surface area contributed by atoms with Gasteiger partial charge in [-0.3, -0.25) is 0 Å². The molecule has 2 aromatic carbocycles. The fourth-order valence-corrected chi connectivity index (χ4v) is 3.89. The van der Waals surface area contributed by atoms with E-state index < -0.39 is 29.9 Å². The molecule has 0 heterocycles. The van der Waals surface area contributed by atoms with Crippen molar-refractivity contribution < 1.29 is 25.5 Å². The zero-order chi connectivity index (χ0) is 16.5. The molecular formula is C12H13AsN2O6S. The summed E-state index contributed by atoms with van der Waals surface area (Å²) >= 11 is -5.21. The Kier molecular flexibility index (Phi) is 4.25. The SMILES string of the molecule is Nc1ccc(S(=O)(=O)Nc2cc([As](=O)(O)O)ccc2O)cc1. The quantitative estimate of drug-likeness (QED) is 0.265. The molecular weight excluding hydrogens is 375 g/mol. The third kappa shape index (κ3) is 3.63. The van der Waals surface area contributed by atoms with Gasteiger partial charge in [0.05, 0.1) is 0 Å². The second kappa shape index (κ2) is 5.69. The van der Waals surface area contributed by atoms with E-state index in [1.165, 1.54) is 24.3 Å². The number of hydrogen-bond acceptors (Lipinski definition) is 5. The summed E-state index contributed by atoms with van der Waals surface area (Å²) in [5, 5.41) is 9.66. The van der Waals surface area contributed by atoms with Gasteiger partial charge in [-0.15, -0.1) is 0 Å². The average molecular weight is 388 g/mol. The molecule has 2 rings (SSSR count). The van der Waals surface area contributed by atoms with E-state index >= 15 is 0 Å². The molecule has 2 aromatic rings. The minimum atomic E-state index is -5.21. The van der Waals surface area contributed by atoms with Crippen molar-refractivity contribution in [3.05, 3.63) is 42.5 Å². The normalized spacial score (nSPS) is 12.1. The number of aromatic hydroxyl groups is 1. The van der Waals surface area contributed by atoms with Crippen LogP contribution in [0.3, 0.4) is 0 Å². The van der Waals surface area contributed by atoms with Gasteiger partial charge >= 0.3 is 129 Å². The van der Waals surface area contributed by atoms with Crippen LogP contribution in [0.5, 0.6) is 5.75 Å². The van der Waals surface area contributed by atoms with Crippen LogP contribution >= 0.6 is 0 Å². The maximum atomic E-state index is 12.2. The summed E-state index contributed by atoms with van der Waals surface area (Å²) in [4.78, 5) is -0.104. The summed E-state index contributed by atoms with van der Waals surface area (Å²) in [7, 11) is -4.03. The monoisotopic (exact) mass is 388 g/mol. The van der Waals surface area contributed by atoms with Crippen molar-refractivity contribution in [2.45, 2.75) is 4.90 Å². The number of phenols is 1. The van der Waals surface area contributed by atoms with Crippen molar-refractivity contribution in [1.29, 1.82) is 0 Å². The second-order valence-electron chi connectivity index (χ2n) is 4.42. The molecule has 0 aromatic heterocycles. The molecule has 0 saturated heterocycles. The summed E-state index contributed by atoms with van der Waals surface area (Å²) in [6.07, 6.45) is 0. The topological polar surface area (TPSA) is 150 Å². The predicted octanol–water partition coefficient (Wildman–Crippen LogP) is -0.664. The van der Waals surface area contributed by atoms with Gasteiger partial charge in [0.1, 0.15) is 0 Å². The molecule has 0 aliphatic carbocycles. The molecule has 0 amide bonds. The van der Waals surface area contributed by atoms with Gasteiger partial charge in [-0.05, 0) is 0 Å². The van der Waals surface area contributed by atoms with E-state index in [0.29, 0.717) is 5.69 Å². The van der Waals surface area contributed by atoms with Crippen LogP contribution in [-0.2, 0) is 13.8 Å². The number of nitrogens with two attached hydrogens (primary N) is 1. The van der Waals surface area contributed by atoms with Gasteiger partial charge in [0.25, 0.3) is 0 Å². The van der Waals surface area contributed by atoms with Gasteiger partial charge in [0, 0.05) is 0 Å². The Morgan fingerprint density at radius 1 is 1.05 bits per heavy atom. The first-order chi connectivity index (χ1) is 10.1. The molecule has 6 N–H and O–H groups in total. The van der Waals surface area contributed by atoms with Crippen LogP contribution < -0.4 is 14.8 Å². The predicted molar refractivity (Wildman–Crippen MR) is 80.3 cm³/mol. The summed E-state index contributed by atoms with van der Waals surface area (Å²) in [5.74, 6) is -0.452. The first-order valence-electron chi connectivity index (χ1n) is 5.87. The van der Waals surface area contributed by atoms with Crippen LogP contribution in [0.25, 0.3) is 0 Å². The Bertz CT molecular complexity index is 844. The molecule has 0 radical (unpaired) electrons. The third-order valence-corrected chi connectivity index (χ3v) is 6.13. The number of anilines is 2. The van der Waals surface area contributed by atoms with Crippen LogP contribution in [0, 0.1) is 0 Å². The molecule has 0 saturated carbocycles. The van der Waals surface area contributed by atoms with Crippen molar-refractivity contribution in [2.75, 3.05) is 10.5 Å². The van der Waals surface area contributed by atoms with Crippen molar-refractivity contribution in [3.8, 4) is 5.75 Å². The molecule has 0 fully saturated rings. The Hall–Kier alpha value is -1.93. The molecule has 0 atom stereocenters. The van der Waals surface area contributed by atoms with E-state index in [1.54, 1.807) is 0 Å². The number of nitrogen functional groups attached to an aromatic ring is 1. The number of rotatable bonds is 4. The standard InChI is InChI=1S/C12H13AsN2O6S/c14-9-2-4-10(5-3-9)22(20,21)15-11-7-8(13(17,18)19)1-6-12(11)16/h1-7,15-16H,14H2,(H2,17,18,19). The first-order valence-corrected chi connectivity index (χ1v) is 10.7. The van der Waals surface area contributed by atoms with Crippen LogP contribution in [0.1, 0.15) is 0 Å². The Morgan fingerprint density at radius 3 is 2.18 bits per heavy atom. The van der Waals surface area contributed by atoms with Crippen LogP contribution in [0.2, 0.25) is 0 Å². The molecule has 0 bridgehead atoms. The Balaban J connectivity index is 2.41. The Morgan fingerprint density at radius 2 is 1.64 bits per heavy atom. The van der Waals surface area contributed by atoms with Crippen molar-refractivity contribution >= 4 is 39.9 Å². The number of nitrogens with one attached hydrogen (secondary N) is 1. The maximum absolute atomic E-state index is 12.2. The average Bonchev–Trinajstić information content (AvgIpc) is 2.40. The van der Waals surface area contributed by atoms with Gasteiger partial charge < -0.3 is 0 Å². The zero-order valence-electron chi connectivity index (χ0n) is 11.0. The number of phenolic OH excluding ortho intramolecular Hbond substituents is 1. The van der Waals surface area contributed by atoms with Crippen molar-refractivity contribution in [2.24, 2.45) is 0 Å². The summed E-state index contributed by atoms with van der Waals surface area (Å²) < 4.78 is 55.6. The van der Waals surface area contributed by atoms with Gasteiger partial charge in [-0.25, -0.2) is 0 Å². The second-order valence-corrected chi connectivity index (χ2v) is 9.47. The molecule has 8 nitrogen and oxygen atoms in total. The van der Waals surface area contributed by atoms with E-state index in [-0.39, 0.29) is 14.9 Å². The van der Waals surface area contributed by atoms with E-state index in [4.69, 9.17) is 13.9 Å². The van der Waals surface area contributed by atoms with Gasteiger partial charge in [0.2, 0.25) is 0 Å². The molecule has 0 aliphatic heterocycles. The summed E-state index contributed by atoms with van der Waals surface area (Å²) in [5.41, 5.74) is 5.54. The number of sulfonamides is 1. The van der Waals surface area contributed by atoms with E-state index in [2.05, 4.69) is 4.72 Å². The summed E-state index contributed by atoms with van der Waals surface area (Å²) in [6, 6.07) is 8.28. The number of hydrogen-bond donors (Lipinski definition) is 5. The van der Waals surface area contributed by atoms with E-state index in [9.17, 15) is 17.3 Å².